The first-order valence-electron chi connectivity index (χ1n) is 3.64. The number of ether oxygens (including phenoxy) is 1. The fourth-order valence-corrected chi connectivity index (χ4v) is 1.29. The summed E-state index contributed by atoms with van der Waals surface area (Å²) in [5.74, 6) is 0. The lowest BCUT2D eigenvalue weighted by Crippen LogP contribution is -2.05. The molecule has 1 atom stereocenters. The second kappa shape index (κ2) is 4.62. The van der Waals surface area contributed by atoms with Crippen LogP contribution in [0.5, 0.6) is 0 Å². The molecule has 1 unspecified atom stereocenters. The number of nitrogens with zero attached hydrogens (tertiary/aromatic N) is 1. The first-order valence-corrected chi connectivity index (χ1v) is 4.44. The Morgan fingerprint density at radius 3 is 2.77 bits per heavy atom. The van der Waals surface area contributed by atoms with Crippen LogP contribution in [0.1, 0.15) is 18.6 Å². The van der Waals surface area contributed by atoms with E-state index >= 15 is 0 Å². The van der Waals surface area contributed by atoms with Crippen LogP contribution in [0, 0.1) is 0 Å². The van der Waals surface area contributed by atoms with Gasteiger partial charge in [0.25, 0.3) is 0 Å². The van der Waals surface area contributed by atoms with E-state index in [0.29, 0.717) is 10.2 Å². The lowest BCUT2D eigenvalue weighted by atomic mass is 10.2. The molecule has 0 aliphatic heterocycles. The molecule has 13 heavy (non-hydrogen) atoms. The summed E-state index contributed by atoms with van der Waals surface area (Å²) in [5.41, 5.74) is 0.669. The molecule has 1 rings (SSSR count). The molecule has 0 saturated heterocycles. The van der Waals surface area contributed by atoms with Gasteiger partial charge in [0, 0.05) is 6.20 Å². The van der Waals surface area contributed by atoms with E-state index in [1.54, 1.807) is 19.1 Å². The first kappa shape index (κ1) is 10.5. The van der Waals surface area contributed by atoms with Gasteiger partial charge >= 0.3 is 6.61 Å². The second-order valence-electron chi connectivity index (χ2n) is 2.45. The Kier molecular flexibility index (Phi) is 3.74. The van der Waals surface area contributed by atoms with Gasteiger partial charge in [-0.2, -0.15) is 8.78 Å². The quantitative estimate of drug-likeness (QED) is 0.771. The van der Waals surface area contributed by atoms with Crippen LogP contribution in [-0.4, -0.2) is 11.6 Å². The van der Waals surface area contributed by atoms with Crippen molar-refractivity contribution in [3.05, 3.63) is 28.5 Å². The largest absolute Gasteiger partial charge is 0.345 e. The molecule has 1 aromatic heterocycles. The molecule has 0 spiro atoms. The third-order valence-corrected chi connectivity index (χ3v) is 1.96. The number of hydrogen-bond acceptors (Lipinski definition) is 2. The zero-order valence-electron chi connectivity index (χ0n) is 6.88. The molecule has 72 valence electrons. The van der Waals surface area contributed by atoms with Gasteiger partial charge in [-0.3, -0.25) is 0 Å². The van der Waals surface area contributed by atoms with Gasteiger partial charge in [0.05, 0.1) is 6.10 Å². The van der Waals surface area contributed by atoms with Gasteiger partial charge in [0.15, 0.2) is 0 Å². The van der Waals surface area contributed by atoms with Crippen LogP contribution in [0.3, 0.4) is 0 Å². The summed E-state index contributed by atoms with van der Waals surface area (Å²) in [6, 6.07) is 3.28. The molecule has 1 aromatic rings. The van der Waals surface area contributed by atoms with Gasteiger partial charge in [-0.05, 0) is 40.5 Å². The fourth-order valence-electron chi connectivity index (χ4n) is 0.903. The minimum atomic E-state index is -2.75. The van der Waals surface area contributed by atoms with Crippen molar-refractivity contribution in [2.75, 3.05) is 0 Å². The van der Waals surface area contributed by atoms with Crippen LogP contribution in [0.4, 0.5) is 8.78 Å². The second-order valence-corrected chi connectivity index (χ2v) is 3.26. The minimum absolute atomic E-state index is 0.606. The molecule has 0 amide bonds. The summed E-state index contributed by atoms with van der Waals surface area (Å²) in [6.07, 6.45) is 0.907. The molecule has 0 aliphatic rings. The Morgan fingerprint density at radius 2 is 2.23 bits per heavy atom. The Bertz CT molecular complexity index is 283. The molecule has 0 saturated carbocycles. The highest BCUT2D eigenvalue weighted by Crippen LogP contribution is 2.20. The van der Waals surface area contributed by atoms with E-state index in [9.17, 15) is 8.78 Å². The standard InChI is InChI=1S/C8H8BrF2NO/c1-5(13-8(10)11)6-2-3-12-7(9)4-6/h2-5,8H,1H3. The zero-order valence-corrected chi connectivity index (χ0v) is 8.46. The molecule has 0 fully saturated rings. The number of rotatable bonds is 3. The topological polar surface area (TPSA) is 22.1 Å². The normalized spacial score (nSPS) is 13.3. The number of pyridine rings is 1. The monoisotopic (exact) mass is 251 g/mol. The van der Waals surface area contributed by atoms with Gasteiger partial charge < -0.3 is 4.74 Å². The highest BCUT2D eigenvalue weighted by molar-refractivity contribution is 9.10. The Labute approximate surface area is 83.1 Å². The summed E-state index contributed by atoms with van der Waals surface area (Å²) < 4.78 is 28.6. The van der Waals surface area contributed by atoms with Crippen LogP contribution in [-0.2, 0) is 4.74 Å². The third-order valence-electron chi connectivity index (χ3n) is 1.53. The van der Waals surface area contributed by atoms with Crippen LogP contribution in [0.15, 0.2) is 22.9 Å². The number of aromatic nitrogens is 1. The van der Waals surface area contributed by atoms with E-state index in [2.05, 4.69) is 25.7 Å². The van der Waals surface area contributed by atoms with Crippen molar-refractivity contribution in [3.8, 4) is 0 Å². The number of hydrogen-bond donors (Lipinski definition) is 0. The van der Waals surface area contributed by atoms with Gasteiger partial charge in [-0.25, -0.2) is 4.98 Å². The molecule has 1 heterocycles. The van der Waals surface area contributed by atoms with Gasteiger partial charge in [-0.1, -0.05) is 0 Å². The van der Waals surface area contributed by atoms with E-state index in [-0.39, 0.29) is 0 Å². The summed E-state index contributed by atoms with van der Waals surface area (Å²) in [7, 11) is 0. The molecule has 0 aromatic carbocycles. The maximum Gasteiger partial charge on any atom is 0.345 e. The van der Waals surface area contributed by atoms with E-state index in [1.165, 1.54) is 6.20 Å². The van der Waals surface area contributed by atoms with Gasteiger partial charge in [0.1, 0.15) is 4.60 Å². The van der Waals surface area contributed by atoms with Crippen LogP contribution < -0.4 is 0 Å². The van der Waals surface area contributed by atoms with Gasteiger partial charge in [0.2, 0.25) is 0 Å². The lowest BCUT2D eigenvalue weighted by molar-refractivity contribution is -0.159. The zero-order chi connectivity index (χ0) is 9.84. The number of alkyl halides is 2. The smallest absolute Gasteiger partial charge is 0.315 e. The van der Waals surface area contributed by atoms with Crippen molar-refractivity contribution in [1.82, 2.24) is 4.98 Å². The van der Waals surface area contributed by atoms with Crippen molar-refractivity contribution in [2.45, 2.75) is 19.6 Å². The SMILES string of the molecule is CC(OC(F)F)c1ccnc(Br)c1. The van der Waals surface area contributed by atoms with E-state index in [1.807, 2.05) is 0 Å². The lowest BCUT2D eigenvalue weighted by Gasteiger charge is -2.11. The molecule has 0 N–H and O–H groups in total. The summed E-state index contributed by atoms with van der Waals surface area (Å²) >= 11 is 3.14. The van der Waals surface area contributed by atoms with Crippen molar-refractivity contribution in [1.29, 1.82) is 0 Å². The maximum absolute atomic E-state index is 11.8. The molecule has 0 radical (unpaired) electrons. The first-order chi connectivity index (χ1) is 6.09. The molecular formula is C8H8BrF2NO. The minimum Gasteiger partial charge on any atom is -0.315 e. The summed E-state index contributed by atoms with van der Waals surface area (Å²) in [4.78, 5) is 3.87. The average molecular weight is 252 g/mol. The van der Waals surface area contributed by atoms with Crippen LogP contribution in [0.25, 0.3) is 0 Å². The van der Waals surface area contributed by atoms with Crippen LogP contribution in [0.2, 0.25) is 0 Å². The van der Waals surface area contributed by atoms with Crippen molar-refractivity contribution < 1.29 is 13.5 Å². The fraction of sp³-hybridized carbons (Fsp3) is 0.375. The Morgan fingerprint density at radius 1 is 1.54 bits per heavy atom. The predicted molar refractivity (Wildman–Crippen MR) is 47.4 cm³/mol. The highest BCUT2D eigenvalue weighted by atomic mass is 79.9. The van der Waals surface area contributed by atoms with E-state index in [4.69, 9.17) is 0 Å². The maximum atomic E-state index is 11.8. The van der Waals surface area contributed by atoms with Gasteiger partial charge in [-0.15, -0.1) is 0 Å². The molecular weight excluding hydrogens is 244 g/mol. The van der Waals surface area contributed by atoms with Crippen molar-refractivity contribution in [2.24, 2.45) is 0 Å². The van der Waals surface area contributed by atoms with E-state index < -0.39 is 12.7 Å². The highest BCUT2D eigenvalue weighted by Gasteiger charge is 2.11. The number of halogens is 3. The predicted octanol–water partition coefficient (Wildman–Crippen LogP) is 3.14. The Balaban J connectivity index is 2.71. The average Bonchev–Trinajstić information content (AvgIpc) is 2.03. The molecule has 2 nitrogen and oxygen atoms in total. The summed E-state index contributed by atoms with van der Waals surface area (Å²) in [5, 5.41) is 0. The van der Waals surface area contributed by atoms with E-state index in [0.717, 1.165) is 0 Å². The third kappa shape index (κ3) is 3.36. The molecule has 5 heteroatoms. The van der Waals surface area contributed by atoms with Crippen molar-refractivity contribution in [3.63, 3.8) is 0 Å². The van der Waals surface area contributed by atoms with Crippen LogP contribution >= 0.6 is 15.9 Å². The van der Waals surface area contributed by atoms with Crippen molar-refractivity contribution >= 4 is 15.9 Å². The molecule has 0 bridgehead atoms. The Hall–Kier alpha value is -0.550. The summed E-state index contributed by atoms with van der Waals surface area (Å²) in [6.45, 7) is -1.18. The molecule has 0 aliphatic carbocycles.